The van der Waals surface area contributed by atoms with Gasteiger partial charge in [-0.2, -0.15) is 0 Å². The smallest absolute Gasteiger partial charge is 0.189 e. The van der Waals surface area contributed by atoms with E-state index in [2.05, 4.69) is 138 Å². The molecule has 0 aliphatic carbocycles. The average molecular weight is 772 g/mol. The van der Waals surface area contributed by atoms with Gasteiger partial charge >= 0.3 is 0 Å². The maximum absolute atomic E-state index is 15.6. The summed E-state index contributed by atoms with van der Waals surface area (Å²) in [6.45, 7) is 0. The number of benzene rings is 9. The number of rotatable bonds is 5. The molecule has 0 aliphatic rings. The molecule has 0 N–H and O–H groups in total. The van der Waals surface area contributed by atoms with Gasteiger partial charge in [0, 0.05) is 43.9 Å². The first-order valence-corrected chi connectivity index (χ1v) is 21.6. The zero-order valence-corrected chi connectivity index (χ0v) is 32.7. The van der Waals surface area contributed by atoms with Crippen molar-refractivity contribution in [2.75, 3.05) is 0 Å². The normalized spacial score (nSPS) is 12.1. The van der Waals surface area contributed by atoms with Gasteiger partial charge in [-0.1, -0.05) is 170 Å². The Morgan fingerprint density at radius 3 is 1.80 bits per heavy atom. The van der Waals surface area contributed by atoms with Gasteiger partial charge in [0.1, 0.15) is 11.1 Å². The molecule has 59 heavy (non-hydrogen) atoms. The van der Waals surface area contributed by atoms with Crippen LogP contribution in [0.25, 0.3) is 92.9 Å². The fraction of sp³-hybridized carbons (Fsp3) is 0. The Kier molecular flexibility index (Phi) is 7.47. The number of hydrogen-bond acceptors (Lipinski definition) is 3. The number of nitrogens with zero attached hydrogens (tertiary/aromatic N) is 3. The lowest BCUT2D eigenvalue weighted by Gasteiger charge is -2.21. The molecule has 0 aliphatic heterocycles. The maximum Gasteiger partial charge on any atom is 0.189 e. The first-order valence-electron chi connectivity index (χ1n) is 19.9. The van der Waals surface area contributed by atoms with E-state index in [1.54, 1.807) is 0 Å². The highest BCUT2D eigenvalue weighted by molar-refractivity contribution is 7.85. The van der Waals surface area contributed by atoms with Crippen LogP contribution in [0.2, 0.25) is 0 Å². The van der Waals surface area contributed by atoms with Crippen LogP contribution in [0.5, 0.6) is 0 Å². The van der Waals surface area contributed by atoms with Crippen molar-refractivity contribution in [3.05, 3.63) is 206 Å². The van der Waals surface area contributed by atoms with Gasteiger partial charge in [0.05, 0.1) is 16.6 Å². The molecule has 0 atom stereocenters. The molecule has 0 radical (unpaired) electrons. The molecular weight excluding hydrogens is 738 g/mol. The highest BCUT2D eigenvalue weighted by Gasteiger charge is 2.33. The van der Waals surface area contributed by atoms with Crippen molar-refractivity contribution in [1.82, 2.24) is 14.4 Å². The summed E-state index contributed by atoms with van der Waals surface area (Å²) in [5, 5.41) is 11.6. The molecule has 276 valence electrons. The minimum atomic E-state index is -3.34. The summed E-state index contributed by atoms with van der Waals surface area (Å²) in [6, 6.07) is 69.4. The van der Waals surface area contributed by atoms with Crippen molar-refractivity contribution in [3.8, 4) is 22.3 Å². The van der Waals surface area contributed by atoms with E-state index < -0.39 is 7.14 Å². The molecule has 0 unspecified atom stereocenters. The second-order valence-corrected chi connectivity index (χ2v) is 17.9. The quantitative estimate of drug-likeness (QED) is 0.129. The molecular formula is C54H34N3OP. The number of pyridine rings is 2. The number of imidazole rings is 1. The van der Waals surface area contributed by atoms with Crippen LogP contribution in [0.3, 0.4) is 0 Å². The first-order chi connectivity index (χ1) is 29.1. The fourth-order valence-electron chi connectivity index (χ4n) is 9.32. The standard InChI is InChI=1S/C54H34N3OP/c58-59(39-17-3-1-4-18-39,40-19-5-2-6-20-40)54-45-24-12-11-23-44(45)48(34-55-54)37-28-31-50-47(32-37)52-43-22-10-8-15-36(43)26-29-46(52)53-56-49-30-27-38(33-51(49)57(50)53)42-25-13-16-35-14-7-9-21-41(35)42/h1-34H. The Morgan fingerprint density at radius 1 is 0.424 bits per heavy atom. The second-order valence-electron chi connectivity index (χ2n) is 15.3. The molecule has 12 rings (SSSR count). The lowest BCUT2D eigenvalue weighted by molar-refractivity contribution is 0.592. The Morgan fingerprint density at radius 2 is 1.03 bits per heavy atom. The molecule has 4 nitrogen and oxygen atoms in total. The van der Waals surface area contributed by atoms with Crippen LogP contribution < -0.4 is 16.0 Å². The van der Waals surface area contributed by atoms with E-state index in [1.807, 2.05) is 72.9 Å². The summed E-state index contributed by atoms with van der Waals surface area (Å²) < 4.78 is 18.0. The molecule has 0 spiro atoms. The summed E-state index contributed by atoms with van der Waals surface area (Å²) in [7, 11) is -3.34. The Hall–Kier alpha value is -7.39. The van der Waals surface area contributed by atoms with Crippen LogP contribution in [0.15, 0.2) is 206 Å². The topological polar surface area (TPSA) is 47.3 Å². The summed E-state index contributed by atoms with van der Waals surface area (Å²) in [4.78, 5) is 10.5. The van der Waals surface area contributed by atoms with Gasteiger partial charge in [-0.15, -0.1) is 0 Å². The highest BCUT2D eigenvalue weighted by Crippen LogP contribution is 2.45. The van der Waals surface area contributed by atoms with Crippen LogP contribution in [-0.4, -0.2) is 14.4 Å². The molecule has 0 bridgehead atoms. The summed E-state index contributed by atoms with van der Waals surface area (Å²) in [5.41, 5.74) is 9.00. The third-order valence-corrected chi connectivity index (χ3v) is 15.1. The molecule has 0 amide bonds. The number of fused-ring (bicyclic) bond motifs is 12. The van der Waals surface area contributed by atoms with E-state index in [9.17, 15) is 0 Å². The van der Waals surface area contributed by atoms with Crippen LogP contribution in [0, 0.1) is 0 Å². The van der Waals surface area contributed by atoms with Crippen molar-refractivity contribution in [2.45, 2.75) is 0 Å². The number of hydrogen-bond donors (Lipinski definition) is 0. The highest BCUT2D eigenvalue weighted by atomic mass is 31.2. The molecule has 5 heteroatoms. The zero-order valence-electron chi connectivity index (χ0n) is 31.8. The zero-order chi connectivity index (χ0) is 39.1. The monoisotopic (exact) mass is 771 g/mol. The van der Waals surface area contributed by atoms with Gasteiger partial charge < -0.3 is 4.57 Å². The van der Waals surface area contributed by atoms with Gasteiger partial charge in [0.2, 0.25) is 0 Å². The largest absolute Gasteiger partial charge is 0.307 e. The third-order valence-electron chi connectivity index (χ3n) is 12.1. The van der Waals surface area contributed by atoms with Gasteiger partial charge in [-0.25, -0.2) is 4.98 Å². The Bertz CT molecular complexity index is 3660. The van der Waals surface area contributed by atoms with Gasteiger partial charge in [-0.05, 0) is 74.0 Å². The molecule has 3 aromatic heterocycles. The van der Waals surface area contributed by atoms with E-state index in [4.69, 9.17) is 9.97 Å². The van der Waals surface area contributed by atoms with E-state index in [0.29, 0.717) is 5.44 Å². The van der Waals surface area contributed by atoms with Crippen molar-refractivity contribution in [3.63, 3.8) is 0 Å². The lowest BCUT2D eigenvalue weighted by atomic mass is 9.95. The molecule has 0 saturated carbocycles. The van der Waals surface area contributed by atoms with Gasteiger partial charge in [-0.3, -0.25) is 9.38 Å². The van der Waals surface area contributed by atoms with Crippen LogP contribution >= 0.6 is 7.14 Å². The minimum absolute atomic E-state index is 0.597. The first kappa shape index (κ1) is 33.7. The SMILES string of the molecule is O=P(c1ccccc1)(c1ccccc1)c1ncc(-c2ccc3c(c2)c2c4ccccc4ccc2c2nc4ccc(-c5cccc6ccccc56)cc4n32)c2ccccc12. The van der Waals surface area contributed by atoms with Crippen molar-refractivity contribution >= 4 is 93.9 Å². The van der Waals surface area contributed by atoms with Crippen molar-refractivity contribution < 1.29 is 4.57 Å². The molecule has 0 saturated heterocycles. The Labute approximate surface area is 340 Å². The lowest BCUT2D eigenvalue weighted by Crippen LogP contribution is -2.27. The van der Waals surface area contributed by atoms with E-state index >= 15 is 4.57 Å². The second kappa shape index (κ2) is 13.1. The minimum Gasteiger partial charge on any atom is -0.307 e. The predicted molar refractivity (Wildman–Crippen MR) is 248 cm³/mol. The molecule has 0 fully saturated rings. The van der Waals surface area contributed by atoms with Crippen molar-refractivity contribution in [1.29, 1.82) is 0 Å². The predicted octanol–water partition coefficient (Wildman–Crippen LogP) is 12.6. The average Bonchev–Trinajstić information content (AvgIpc) is 3.70. The number of aromatic nitrogens is 3. The third kappa shape index (κ3) is 5.07. The van der Waals surface area contributed by atoms with Gasteiger partial charge in [0.15, 0.2) is 7.14 Å². The maximum atomic E-state index is 15.6. The molecule has 9 aromatic carbocycles. The summed E-state index contributed by atoms with van der Waals surface area (Å²) in [5.74, 6) is 0. The van der Waals surface area contributed by atoms with E-state index in [1.165, 1.54) is 32.5 Å². The Balaban J connectivity index is 1.13. The van der Waals surface area contributed by atoms with Crippen LogP contribution in [0.1, 0.15) is 0 Å². The fourth-order valence-corrected chi connectivity index (χ4v) is 12.0. The van der Waals surface area contributed by atoms with E-state index in [-0.39, 0.29) is 0 Å². The van der Waals surface area contributed by atoms with Crippen molar-refractivity contribution in [2.24, 2.45) is 0 Å². The van der Waals surface area contributed by atoms with Crippen LogP contribution in [-0.2, 0) is 4.57 Å². The molecule has 12 aromatic rings. The molecule has 3 heterocycles. The summed E-state index contributed by atoms with van der Waals surface area (Å²) >= 11 is 0. The van der Waals surface area contributed by atoms with E-state index in [0.717, 1.165) is 71.0 Å². The van der Waals surface area contributed by atoms with Gasteiger partial charge in [0.25, 0.3) is 0 Å². The van der Waals surface area contributed by atoms with Crippen LogP contribution in [0.4, 0.5) is 0 Å². The summed E-state index contributed by atoms with van der Waals surface area (Å²) in [6.07, 6.45) is 1.93.